The first kappa shape index (κ1) is 21.8. The second-order valence-electron chi connectivity index (χ2n) is 5.13. The molecular weight excluding hydrogens is 447 g/mol. The molecule has 2 rings (SSSR count). The highest BCUT2D eigenvalue weighted by Gasteiger charge is 2.06. The summed E-state index contributed by atoms with van der Waals surface area (Å²) in [5, 5.41) is 6.48. The summed E-state index contributed by atoms with van der Waals surface area (Å²) < 4.78 is 15.7. The van der Waals surface area contributed by atoms with E-state index in [2.05, 4.69) is 20.6 Å². The highest BCUT2D eigenvalue weighted by Crippen LogP contribution is 2.24. The lowest BCUT2D eigenvalue weighted by molar-refractivity contribution is 0.390. The Labute approximate surface area is 171 Å². The first-order chi connectivity index (χ1) is 12.2. The molecule has 1 aromatic carbocycles. The number of rotatable bonds is 7. The molecule has 0 aliphatic carbocycles. The van der Waals surface area contributed by atoms with E-state index in [0.717, 1.165) is 22.8 Å². The number of ether oxygens (including phenoxy) is 3. The number of nitrogens with zero attached hydrogens (tertiary/aromatic N) is 2. The Morgan fingerprint density at radius 3 is 2.42 bits per heavy atom. The molecule has 1 aromatic heterocycles. The number of aliphatic imine (C=N–C) groups is 1. The lowest BCUT2D eigenvalue weighted by Crippen LogP contribution is -2.36. The minimum Gasteiger partial charge on any atom is -0.497 e. The SMILES string of the molecule is CN=C(NCc1cccc(OC)n1)NCc1ccc(OC)cc1OC.I. The van der Waals surface area contributed by atoms with Crippen LogP contribution >= 0.6 is 24.0 Å². The van der Waals surface area contributed by atoms with Crippen molar-refractivity contribution >= 4 is 29.9 Å². The van der Waals surface area contributed by atoms with Gasteiger partial charge in [0.2, 0.25) is 5.88 Å². The van der Waals surface area contributed by atoms with Gasteiger partial charge in [0.1, 0.15) is 11.5 Å². The van der Waals surface area contributed by atoms with Crippen LogP contribution in [-0.2, 0) is 13.1 Å². The molecule has 0 aliphatic rings. The van der Waals surface area contributed by atoms with Gasteiger partial charge in [0.05, 0.1) is 33.6 Å². The van der Waals surface area contributed by atoms with Gasteiger partial charge < -0.3 is 24.8 Å². The number of hydrogen-bond acceptors (Lipinski definition) is 5. The maximum absolute atomic E-state index is 5.40. The van der Waals surface area contributed by atoms with Crippen LogP contribution < -0.4 is 24.8 Å². The molecule has 0 radical (unpaired) electrons. The lowest BCUT2D eigenvalue weighted by atomic mass is 10.2. The number of halogens is 1. The molecule has 0 fully saturated rings. The topological polar surface area (TPSA) is 77.0 Å². The maximum Gasteiger partial charge on any atom is 0.213 e. The van der Waals surface area contributed by atoms with Crippen molar-refractivity contribution in [3.8, 4) is 17.4 Å². The molecule has 0 saturated heterocycles. The molecule has 142 valence electrons. The lowest BCUT2D eigenvalue weighted by Gasteiger charge is -2.14. The highest BCUT2D eigenvalue weighted by molar-refractivity contribution is 14.0. The van der Waals surface area contributed by atoms with E-state index >= 15 is 0 Å². The predicted octanol–water partition coefficient (Wildman–Crippen LogP) is 2.59. The van der Waals surface area contributed by atoms with E-state index in [4.69, 9.17) is 14.2 Å². The summed E-state index contributed by atoms with van der Waals surface area (Å²) in [6.07, 6.45) is 0. The van der Waals surface area contributed by atoms with E-state index in [1.807, 2.05) is 36.4 Å². The third-order valence-electron chi connectivity index (χ3n) is 3.59. The van der Waals surface area contributed by atoms with Gasteiger partial charge in [-0.05, 0) is 18.2 Å². The summed E-state index contributed by atoms with van der Waals surface area (Å²) in [6.45, 7) is 1.11. The first-order valence-corrected chi connectivity index (χ1v) is 7.85. The third kappa shape index (κ3) is 6.25. The van der Waals surface area contributed by atoms with Crippen molar-refractivity contribution in [2.75, 3.05) is 28.4 Å². The summed E-state index contributed by atoms with van der Waals surface area (Å²) in [7, 11) is 6.59. The summed E-state index contributed by atoms with van der Waals surface area (Å²) in [6, 6.07) is 11.4. The van der Waals surface area contributed by atoms with Crippen molar-refractivity contribution in [2.24, 2.45) is 4.99 Å². The van der Waals surface area contributed by atoms with E-state index in [1.54, 1.807) is 28.4 Å². The third-order valence-corrected chi connectivity index (χ3v) is 3.59. The molecule has 0 spiro atoms. The van der Waals surface area contributed by atoms with Gasteiger partial charge in [-0.1, -0.05) is 6.07 Å². The van der Waals surface area contributed by atoms with Gasteiger partial charge in [0.25, 0.3) is 0 Å². The standard InChI is InChI=1S/C18H24N4O3.HI/c1-19-18(21-12-14-6-5-7-17(22-14)25-4)20-11-13-8-9-15(23-2)10-16(13)24-3;/h5-10H,11-12H2,1-4H3,(H2,19,20,21);1H. The minimum absolute atomic E-state index is 0. The summed E-state index contributed by atoms with van der Waals surface area (Å²) in [5.41, 5.74) is 1.87. The fourth-order valence-electron chi connectivity index (χ4n) is 2.24. The molecule has 0 aliphatic heterocycles. The first-order valence-electron chi connectivity index (χ1n) is 7.85. The van der Waals surface area contributed by atoms with Crippen LogP contribution in [0.1, 0.15) is 11.3 Å². The Bertz CT molecular complexity index is 725. The highest BCUT2D eigenvalue weighted by atomic mass is 127. The molecule has 8 heteroatoms. The van der Waals surface area contributed by atoms with Crippen LogP contribution in [0.25, 0.3) is 0 Å². The van der Waals surface area contributed by atoms with Crippen LogP contribution in [0.4, 0.5) is 0 Å². The Kier molecular flexibility index (Phi) is 9.56. The number of methoxy groups -OCH3 is 3. The minimum atomic E-state index is 0. The molecule has 0 bridgehead atoms. The van der Waals surface area contributed by atoms with Gasteiger partial charge in [-0.25, -0.2) is 4.98 Å². The molecule has 0 unspecified atom stereocenters. The number of guanidine groups is 1. The molecule has 1 heterocycles. The molecule has 26 heavy (non-hydrogen) atoms. The second-order valence-corrected chi connectivity index (χ2v) is 5.13. The molecule has 2 N–H and O–H groups in total. The van der Waals surface area contributed by atoms with Crippen molar-refractivity contribution in [1.82, 2.24) is 15.6 Å². The van der Waals surface area contributed by atoms with Crippen molar-refractivity contribution in [3.63, 3.8) is 0 Å². The smallest absolute Gasteiger partial charge is 0.213 e. The Balaban J connectivity index is 0.00000338. The van der Waals surface area contributed by atoms with Gasteiger partial charge >= 0.3 is 0 Å². The van der Waals surface area contributed by atoms with Crippen LogP contribution in [0, 0.1) is 0 Å². The summed E-state index contributed by atoms with van der Waals surface area (Å²) in [5.74, 6) is 2.77. The Hall–Kier alpha value is -2.23. The molecule has 2 aromatic rings. The van der Waals surface area contributed by atoms with Crippen LogP contribution in [0.2, 0.25) is 0 Å². The van der Waals surface area contributed by atoms with Crippen LogP contribution in [0.3, 0.4) is 0 Å². The maximum atomic E-state index is 5.40. The Morgan fingerprint density at radius 2 is 1.77 bits per heavy atom. The van der Waals surface area contributed by atoms with Crippen molar-refractivity contribution in [3.05, 3.63) is 47.7 Å². The van der Waals surface area contributed by atoms with Crippen LogP contribution in [0.5, 0.6) is 17.4 Å². The fourth-order valence-corrected chi connectivity index (χ4v) is 2.24. The van der Waals surface area contributed by atoms with E-state index in [1.165, 1.54) is 0 Å². The normalized spacial score (nSPS) is 10.5. The second kappa shape index (κ2) is 11.4. The zero-order chi connectivity index (χ0) is 18.1. The van der Waals surface area contributed by atoms with Gasteiger partial charge in [-0.2, -0.15) is 0 Å². The fraction of sp³-hybridized carbons (Fsp3) is 0.333. The number of benzene rings is 1. The van der Waals surface area contributed by atoms with Crippen LogP contribution in [-0.4, -0.2) is 39.3 Å². The van der Waals surface area contributed by atoms with E-state index in [9.17, 15) is 0 Å². The number of hydrogen-bond donors (Lipinski definition) is 2. The molecule has 7 nitrogen and oxygen atoms in total. The molecule has 0 saturated carbocycles. The average Bonchev–Trinajstić information content (AvgIpc) is 2.68. The van der Waals surface area contributed by atoms with Gasteiger partial charge in [-0.15, -0.1) is 24.0 Å². The van der Waals surface area contributed by atoms with Crippen molar-refractivity contribution in [1.29, 1.82) is 0 Å². The molecule has 0 amide bonds. The van der Waals surface area contributed by atoms with Crippen LogP contribution in [0.15, 0.2) is 41.4 Å². The number of nitrogens with one attached hydrogen (secondary N) is 2. The number of pyridine rings is 1. The van der Waals surface area contributed by atoms with Gasteiger partial charge in [0.15, 0.2) is 5.96 Å². The Morgan fingerprint density at radius 1 is 1.00 bits per heavy atom. The molecule has 0 atom stereocenters. The van der Waals surface area contributed by atoms with Gasteiger partial charge in [0, 0.05) is 31.3 Å². The monoisotopic (exact) mass is 472 g/mol. The summed E-state index contributed by atoms with van der Waals surface area (Å²) >= 11 is 0. The molecular formula is C18H25IN4O3. The van der Waals surface area contributed by atoms with Gasteiger partial charge in [-0.3, -0.25) is 4.99 Å². The number of aromatic nitrogens is 1. The average molecular weight is 472 g/mol. The predicted molar refractivity (Wildman–Crippen MR) is 113 cm³/mol. The van der Waals surface area contributed by atoms with Crippen molar-refractivity contribution < 1.29 is 14.2 Å². The van der Waals surface area contributed by atoms with Crippen molar-refractivity contribution in [2.45, 2.75) is 13.1 Å². The summed E-state index contributed by atoms with van der Waals surface area (Å²) in [4.78, 5) is 8.58. The van der Waals surface area contributed by atoms with E-state index in [-0.39, 0.29) is 24.0 Å². The largest absolute Gasteiger partial charge is 0.497 e. The van der Waals surface area contributed by atoms with E-state index in [0.29, 0.717) is 24.9 Å². The quantitative estimate of drug-likeness (QED) is 0.367. The zero-order valence-electron chi connectivity index (χ0n) is 15.4. The van der Waals surface area contributed by atoms with E-state index < -0.39 is 0 Å². The zero-order valence-corrected chi connectivity index (χ0v) is 17.7.